The number of nitrogens with zero attached hydrogens (tertiary/aromatic N) is 1. The maximum Gasteiger partial charge on any atom is 0.244 e. The Labute approximate surface area is 173 Å². The molecule has 2 saturated carbocycles. The van der Waals surface area contributed by atoms with Gasteiger partial charge in [0, 0.05) is 17.1 Å². The highest BCUT2D eigenvalue weighted by molar-refractivity contribution is 6.30. The molecule has 28 heavy (non-hydrogen) atoms. The summed E-state index contributed by atoms with van der Waals surface area (Å²) in [4.78, 5) is 28.3. The predicted octanol–water partition coefficient (Wildman–Crippen LogP) is 4.60. The van der Waals surface area contributed by atoms with Crippen molar-refractivity contribution < 1.29 is 9.59 Å². The molecule has 1 atom stereocenters. The number of carbonyl (C=O) groups is 2. The SMILES string of the molecule is Cc1ccc2c(c1)C1(CCCCC1)C(C(=O)NC1CCCCC1)N2C(=O)CCl. The normalized spacial score (nSPS) is 24.2. The summed E-state index contributed by atoms with van der Waals surface area (Å²) in [5.41, 5.74) is 2.96. The van der Waals surface area contributed by atoms with Gasteiger partial charge in [-0.25, -0.2) is 0 Å². The van der Waals surface area contributed by atoms with Crippen molar-refractivity contribution in [3.8, 4) is 0 Å². The summed E-state index contributed by atoms with van der Waals surface area (Å²) in [6, 6.07) is 6.01. The van der Waals surface area contributed by atoms with Gasteiger partial charge in [0.2, 0.25) is 11.8 Å². The number of carbonyl (C=O) groups excluding carboxylic acids is 2. The largest absolute Gasteiger partial charge is 0.352 e. The maximum absolute atomic E-state index is 13.6. The molecule has 152 valence electrons. The molecule has 1 aromatic rings. The number of alkyl halides is 1. The van der Waals surface area contributed by atoms with Gasteiger partial charge in [-0.1, -0.05) is 56.2 Å². The molecule has 2 aliphatic carbocycles. The molecule has 0 bridgehead atoms. The van der Waals surface area contributed by atoms with Gasteiger partial charge < -0.3 is 5.32 Å². The molecule has 1 heterocycles. The number of hydrogen-bond donors (Lipinski definition) is 1. The monoisotopic (exact) mass is 402 g/mol. The van der Waals surface area contributed by atoms with Crippen LogP contribution < -0.4 is 10.2 Å². The number of benzene rings is 1. The molecule has 0 saturated heterocycles. The van der Waals surface area contributed by atoms with Crippen LogP contribution in [0.25, 0.3) is 0 Å². The van der Waals surface area contributed by atoms with Crippen LogP contribution in [0.1, 0.15) is 75.3 Å². The zero-order valence-electron chi connectivity index (χ0n) is 16.8. The Morgan fingerprint density at radius 3 is 2.46 bits per heavy atom. The Kier molecular flexibility index (Phi) is 5.69. The third kappa shape index (κ3) is 3.34. The van der Waals surface area contributed by atoms with Crippen molar-refractivity contribution in [2.45, 2.75) is 88.6 Å². The second kappa shape index (κ2) is 8.06. The highest BCUT2D eigenvalue weighted by Crippen LogP contribution is 2.53. The zero-order valence-corrected chi connectivity index (χ0v) is 17.6. The van der Waals surface area contributed by atoms with Gasteiger partial charge in [0.1, 0.15) is 11.9 Å². The van der Waals surface area contributed by atoms with Crippen molar-refractivity contribution in [3.05, 3.63) is 29.3 Å². The van der Waals surface area contributed by atoms with Crippen molar-refractivity contribution >= 4 is 29.1 Å². The molecule has 2 fully saturated rings. The van der Waals surface area contributed by atoms with Gasteiger partial charge in [0.05, 0.1) is 0 Å². The Morgan fingerprint density at radius 1 is 1.11 bits per heavy atom. The van der Waals surface area contributed by atoms with E-state index in [4.69, 9.17) is 11.6 Å². The summed E-state index contributed by atoms with van der Waals surface area (Å²) in [6.45, 7) is 2.08. The predicted molar refractivity (Wildman–Crippen MR) is 113 cm³/mol. The van der Waals surface area contributed by atoms with E-state index in [2.05, 4.69) is 18.3 Å². The molecule has 5 heteroatoms. The molecule has 4 rings (SSSR count). The average molecular weight is 403 g/mol. The summed E-state index contributed by atoms with van der Waals surface area (Å²) < 4.78 is 0. The summed E-state index contributed by atoms with van der Waals surface area (Å²) in [5, 5.41) is 3.31. The molecule has 1 unspecified atom stereocenters. The fraction of sp³-hybridized carbons (Fsp3) is 0.652. The lowest BCUT2D eigenvalue weighted by atomic mass is 9.66. The van der Waals surface area contributed by atoms with Crippen LogP contribution in [-0.2, 0) is 15.0 Å². The quantitative estimate of drug-likeness (QED) is 0.751. The van der Waals surface area contributed by atoms with Crippen molar-refractivity contribution in [1.29, 1.82) is 0 Å². The van der Waals surface area contributed by atoms with Gasteiger partial charge in [-0.05, 0) is 44.2 Å². The van der Waals surface area contributed by atoms with E-state index in [9.17, 15) is 9.59 Å². The minimum atomic E-state index is -0.474. The number of anilines is 1. The first-order valence-corrected chi connectivity index (χ1v) is 11.4. The summed E-state index contributed by atoms with van der Waals surface area (Å²) >= 11 is 6.00. The van der Waals surface area contributed by atoms with Crippen LogP contribution in [0.15, 0.2) is 18.2 Å². The van der Waals surface area contributed by atoms with E-state index in [1.54, 1.807) is 4.90 Å². The van der Waals surface area contributed by atoms with Crippen LogP contribution in [0.3, 0.4) is 0 Å². The third-order valence-corrected chi connectivity index (χ3v) is 7.29. The van der Waals surface area contributed by atoms with Crippen molar-refractivity contribution in [2.75, 3.05) is 10.8 Å². The number of aryl methyl sites for hydroxylation is 1. The first-order chi connectivity index (χ1) is 13.6. The smallest absolute Gasteiger partial charge is 0.244 e. The van der Waals surface area contributed by atoms with Crippen LogP contribution >= 0.6 is 11.6 Å². The highest BCUT2D eigenvalue weighted by Gasteiger charge is 2.56. The summed E-state index contributed by atoms with van der Waals surface area (Å²) in [6.07, 6.45) is 11.0. The Morgan fingerprint density at radius 2 is 1.79 bits per heavy atom. The van der Waals surface area contributed by atoms with Crippen LogP contribution in [0, 0.1) is 6.92 Å². The van der Waals surface area contributed by atoms with Crippen LogP contribution in [0.5, 0.6) is 0 Å². The third-order valence-electron chi connectivity index (χ3n) is 7.06. The molecule has 1 spiro atoms. The molecule has 2 amide bonds. The first kappa shape index (κ1) is 19.8. The molecule has 1 aromatic carbocycles. The number of halogens is 1. The van der Waals surface area contributed by atoms with Gasteiger partial charge in [-0.2, -0.15) is 0 Å². The topological polar surface area (TPSA) is 49.4 Å². The molecule has 0 aromatic heterocycles. The molecule has 1 aliphatic heterocycles. The van der Waals surface area contributed by atoms with Crippen LogP contribution in [-0.4, -0.2) is 29.8 Å². The molecule has 3 aliphatic rings. The molecular weight excluding hydrogens is 372 g/mol. The van der Waals surface area contributed by atoms with Crippen molar-refractivity contribution in [1.82, 2.24) is 5.32 Å². The first-order valence-electron chi connectivity index (χ1n) is 10.9. The standard InChI is InChI=1S/C23H31ClN2O2/c1-16-10-11-19-18(14-16)23(12-6-3-7-13-23)21(26(19)20(27)15-24)22(28)25-17-8-4-2-5-9-17/h10-11,14,17,21H,2-9,12-13,15H2,1H3,(H,25,28). The number of amides is 2. The van der Waals surface area contributed by atoms with E-state index in [-0.39, 0.29) is 29.2 Å². The van der Waals surface area contributed by atoms with E-state index in [0.717, 1.165) is 44.2 Å². The number of fused-ring (bicyclic) bond motifs is 2. The fourth-order valence-electron chi connectivity index (χ4n) is 5.76. The van der Waals surface area contributed by atoms with E-state index in [0.29, 0.717) is 0 Å². The number of hydrogen-bond acceptors (Lipinski definition) is 2. The Hall–Kier alpha value is -1.55. The van der Waals surface area contributed by atoms with Gasteiger partial charge in [-0.15, -0.1) is 11.6 Å². The summed E-state index contributed by atoms with van der Waals surface area (Å²) in [5.74, 6) is -0.254. The van der Waals surface area contributed by atoms with E-state index >= 15 is 0 Å². The summed E-state index contributed by atoms with van der Waals surface area (Å²) in [7, 11) is 0. The highest BCUT2D eigenvalue weighted by atomic mass is 35.5. The van der Waals surface area contributed by atoms with Gasteiger partial charge in [-0.3, -0.25) is 14.5 Å². The molecule has 4 nitrogen and oxygen atoms in total. The van der Waals surface area contributed by atoms with E-state index in [1.165, 1.54) is 36.8 Å². The van der Waals surface area contributed by atoms with E-state index < -0.39 is 6.04 Å². The maximum atomic E-state index is 13.6. The Balaban J connectivity index is 1.75. The van der Waals surface area contributed by atoms with Gasteiger partial charge >= 0.3 is 0 Å². The van der Waals surface area contributed by atoms with Crippen LogP contribution in [0.4, 0.5) is 5.69 Å². The lowest BCUT2D eigenvalue weighted by Crippen LogP contribution is -2.58. The Bertz CT molecular complexity index is 751. The van der Waals surface area contributed by atoms with Crippen LogP contribution in [0.2, 0.25) is 0 Å². The lowest BCUT2D eigenvalue weighted by Gasteiger charge is -2.41. The average Bonchev–Trinajstić information content (AvgIpc) is 2.98. The zero-order chi connectivity index (χ0) is 19.7. The minimum Gasteiger partial charge on any atom is -0.352 e. The number of rotatable bonds is 3. The fourth-order valence-corrected chi connectivity index (χ4v) is 5.88. The van der Waals surface area contributed by atoms with E-state index in [1.807, 2.05) is 12.1 Å². The molecule has 1 N–H and O–H groups in total. The van der Waals surface area contributed by atoms with Crippen molar-refractivity contribution in [3.63, 3.8) is 0 Å². The van der Waals surface area contributed by atoms with Gasteiger partial charge in [0.25, 0.3) is 0 Å². The number of nitrogens with one attached hydrogen (secondary N) is 1. The minimum absolute atomic E-state index is 0.0149. The van der Waals surface area contributed by atoms with Crippen molar-refractivity contribution in [2.24, 2.45) is 0 Å². The van der Waals surface area contributed by atoms with Gasteiger partial charge in [0.15, 0.2) is 0 Å². The molecular formula is C23H31ClN2O2. The molecule has 0 radical (unpaired) electrons. The lowest BCUT2D eigenvalue weighted by molar-refractivity contribution is -0.128. The second-order valence-electron chi connectivity index (χ2n) is 8.88. The second-order valence-corrected chi connectivity index (χ2v) is 9.15.